The summed E-state index contributed by atoms with van der Waals surface area (Å²) in [7, 11) is -4.65. The number of sulfonamides is 1. The molecule has 0 aliphatic rings. The molecule has 2 aromatic rings. The lowest BCUT2D eigenvalue weighted by atomic mass is 10.2. The fourth-order valence-electron chi connectivity index (χ4n) is 2.34. The summed E-state index contributed by atoms with van der Waals surface area (Å²) in [4.78, 5) is -0.437. The molecule has 0 fully saturated rings. The van der Waals surface area contributed by atoms with E-state index in [9.17, 15) is 16.8 Å². The SMILES string of the molecule is COc1ccc(OC)c(CNc2ccc(S(N)(=O)=O)cc2S(C)(=O)=O)c1. The van der Waals surface area contributed by atoms with E-state index in [0.29, 0.717) is 11.5 Å². The first-order valence-corrected chi connectivity index (χ1v) is 10.8. The van der Waals surface area contributed by atoms with Crippen molar-refractivity contribution in [2.24, 2.45) is 5.14 Å². The Balaban J connectivity index is 2.42. The van der Waals surface area contributed by atoms with Crippen LogP contribution in [0.1, 0.15) is 5.56 Å². The number of nitrogens with one attached hydrogen (secondary N) is 1. The molecular formula is C16H20N2O6S2. The molecule has 0 atom stereocenters. The van der Waals surface area contributed by atoms with Crippen molar-refractivity contribution < 1.29 is 26.3 Å². The first kappa shape index (κ1) is 20.0. The first-order valence-electron chi connectivity index (χ1n) is 7.38. The molecule has 0 aliphatic carbocycles. The lowest BCUT2D eigenvalue weighted by Crippen LogP contribution is -2.14. The van der Waals surface area contributed by atoms with Crippen molar-refractivity contribution in [1.29, 1.82) is 0 Å². The molecule has 8 nitrogen and oxygen atoms in total. The Morgan fingerprint density at radius 1 is 1.00 bits per heavy atom. The zero-order chi connectivity index (χ0) is 19.5. The summed E-state index contributed by atoms with van der Waals surface area (Å²) in [5.41, 5.74) is 0.992. The Bertz CT molecular complexity index is 1020. The number of benzene rings is 2. The van der Waals surface area contributed by atoms with Crippen LogP contribution in [0.3, 0.4) is 0 Å². The van der Waals surface area contributed by atoms with Gasteiger partial charge in [-0.25, -0.2) is 22.0 Å². The van der Waals surface area contributed by atoms with Crippen LogP contribution in [0.15, 0.2) is 46.2 Å². The van der Waals surface area contributed by atoms with Crippen molar-refractivity contribution in [3.05, 3.63) is 42.0 Å². The van der Waals surface area contributed by atoms with E-state index in [2.05, 4.69) is 5.32 Å². The summed E-state index contributed by atoms with van der Waals surface area (Å²) >= 11 is 0. The van der Waals surface area contributed by atoms with Crippen molar-refractivity contribution in [1.82, 2.24) is 0 Å². The van der Waals surface area contributed by atoms with E-state index < -0.39 is 19.9 Å². The third-order valence-electron chi connectivity index (χ3n) is 3.64. The average Bonchev–Trinajstić information content (AvgIpc) is 2.57. The standard InChI is InChI=1S/C16H20N2O6S2/c1-23-12-4-7-15(24-2)11(8-12)10-18-14-6-5-13(26(17,21)22)9-16(14)25(3,19)20/h4-9,18H,10H2,1-3H3,(H2,17,21,22). The highest BCUT2D eigenvalue weighted by molar-refractivity contribution is 7.91. The minimum absolute atomic E-state index is 0.161. The zero-order valence-electron chi connectivity index (χ0n) is 14.5. The molecule has 0 bridgehead atoms. The van der Waals surface area contributed by atoms with Gasteiger partial charge in [-0.3, -0.25) is 0 Å². The van der Waals surface area contributed by atoms with Crippen molar-refractivity contribution >= 4 is 25.5 Å². The van der Waals surface area contributed by atoms with Gasteiger partial charge in [0.15, 0.2) is 9.84 Å². The Hall–Kier alpha value is -2.30. The van der Waals surface area contributed by atoms with E-state index in [1.165, 1.54) is 26.4 Å². The fourth-order valence-corrected chi connectivity index (χ4v) is 3.84. The summed E-state index contributed by atoms with van der Waals surface area (Å²) in [5, 5.41) is 8.07. The Morgan fingerprint density at radius 3 is 2.23 bits per heavy atom. The fraction of sp³-hybridized carbons (Fsp3) is 0.250. The van der Waals surface area contributed by atoms with Crippen LogP contribution in [0.4, 0.5) is 5.69 Å². The molecule has 0 aliphatic heterocycles. The predicted octanol–water partition coefficient (Wildman–Crippen LogP) is 1.37. The van der Waals surface area contributed by atoms with Gasteiger partial charge in [-0.2, -0.15) is 0 Å². The quantitative estimate of drug-likeness (QED) is 0.719. The van der Waals surface area contributed by atoms with Gasteiger partial charge in [0.05, 0.1) is 29.7 Å². The first-order chi connectivity index (χ1) is 12.1. The van der Waals surface area contributed by atoms with E-state index >= 15 is 0 Å². The average molecular weight is 400 g/mol. The van der Waals surface area contributed by atoms with Gasteiger partial charge in [0.25, 0.3) is 0 Å². The van der Waals surface area contributed by atoms with Crippen LogP contribution in [0.25, 0.3) is 0 Å². The van der Waals surface area contributed by atoms with Gasteiger partial charge in [-0.05, 0) is 36.4 Å². The van der Waals surface area contributed by atoms with Crippen LogP contribution in [0.2, 0.25) is 0 Å². The van der Waals surface area contributed by atoms with Crippen LogP contribution in [0, 0.1) is 0 Å². The van der Waals surface area contributed by atoms with Crippen molar-refractivity contribution in [2.45, 2.75) is 16.3 Å². The number of methoxy groups -OCH3 is 2. The number of hydrogen-bond acceptors (Lipinski definition) is 7. The Kier molecular flexibility index (Phi) is 5.79. The monoisotopic (exact) mass is 400 g/mol. The molecule has 26 heavy (non-hydrogen) atoms. The topological polar surface area (TPSA) is 125 Å². The number of sulfone groups is 1. The maximum atomic E-state index is 12.0. The van der Waals surface area contributed by atoms with E-state index in [0.717, 1.165) is 17.9 Å². The third kappa shape index (κ3) is 4.65. The molecule has 0 amide bonds. The molecule has 10 heteroatoms. The summed E-state index contributed by atoms with van der Waals surface area (Å²) in [5.74, 6) is 1.22. The van der Waals surface area contributed by atoms with Crippen LogP contribution < -0.4 is 19.9 Å². The van der Waals surface area contributed by atoms with E-state index in [1.54, 1.807) is 18.2 Å². The molecular weight excluding hydrogens is 380 g/mol. The maximum Gasteiger partial charge on any atom is 0.238 e. The molecule has 0 radical (unpaired) electrons. The number of primary sulfonamides is 1. The number of ether oxygens (including phenoxy) is 2. The highest BCUT2D eigenvalue weighted by atomic mass is 32.2. The molecule has 0 heterocycles. The van der Waals surface area contributed by atoms with Gasteiger partial charge >= 0.3 is 0 Å². The lowest BCUT2D eigenvalue weighted by molar-refractivity contribution is 0.399. The summed E-state index contributed by atoms with van der Waals surface area (Å²) in [6.07, 6.45) is 0.993. The van der Waals surface area contributed by atoms with Gasteiger partial charge < -0.3 is 14.8 Å². The largest absolute Gasteiger partial charge is 0.497 e. The van der Waals surface area contributed by atoms with Crippen molar-refractivity contribution in [3.63, 3.8) is 0 Å². The third-order valence-corrected chi connectivity index (χ3v) is 5.69. The second-order valence-corrected chi connectivity index (χ2v) is 9.05. The maximum absolute atomic E-state index is 12.0. The van der Waals surface area contributed by atoms with Gasteiger partial charge in [0.2, 0.25) is 10.0 Å². The number of anilines is 1. The zero-order valence-corrected chi connectivity index (χ0v) is 16.1. The van der Waals surface area contributed by atoms with E-state index in [1.807, 2.05) is 0 Å². The van der Waals surface area contributed by atoms with Gasteiger partial charge in [-0.1, -0.05) is 0 Å². The number of nitrogens with two attached hydrogens (primary N) is 1. The summed E-state index contributed by atoms with van der Waals surface area (Å²) in [6, 6.07) is 8.88. The highest BCUT2D eigenvalue weighted by Crippen LogP contribution is 2.28. The molecule has 0 aromatic heterocycles. The molecule has 2 rings (SSSR count). The second kappa shape index (κ2) is 7.52. The molecule has 142 valence electrons. The summed E-state index contributed by atoms with van der Waals surface area (Å²) < 4.78 is 57.5. The molecule has 0 saturated heterocycles. The predicted molar refractivity (Wildman–Crippen MR) is 97.8 cm³/mol. The molecule has 0 saturated carbocycles. The molecule has 0 spiro atoms. The smallest absolute Gasteiger partial charge is 0.238 e. The minimum Gasteiger partial charge on any atom is -0.497 e. The van der Waals surface area contributed by atoms with Crippen LogP contribution in [-0.2, 0) is 26.4 Å². The lowest BCUT2D eigenvalue weighted by Gasteiger charge is -2.15. The van der Waals surface area contributed by atoms with Crippen LogP contribution in [-0.4, -0.2) is 37.3 Å². The molecule has 2 aromatic carbocycles. The molecule has 3 N–H and O–H groups in total. The summed E-state index contributed by atoms with van der Waals surface area (Å²) in [6.45, 7) is 0.234. The Labute approximate surface area is 152 Å². The number of rotatable bonds is 7. The van der Waals surface area contributed by atoms with E-state index in [4.69, 9.17) is 14.6 Å². The van der Waals surface area contributed by atoms with Gasteiger partial charge in [-0.15, -0.1) is 0 Å². The van der Waals surface area contributed by atoms with Crippen LogP contribution in [0.5, 0.6) is 11.5 Å². The highest BCUT2D eigenvalue weighted by Gasteiger charge is 2.18. The number of hydrogen-bond donors (Lipinski definition) is 2. The van der Waals surface area contributed by atoms with E-state index in [-0.39, 0.29) is 22.0 Å². The minimum atomic E-state index is -4.02. The van der Waals surface area contributed by atoms with Gasteiger partial charge in [0, 0.05) is 18.4 Å². The normalized spacial score (nSPS) is 11.8. The molecule has 0 unspecified atom stereocenters. The Morgan fingerprint density at radius 2 is 1.69 bits per heavy atom. The van der Waals surface area contributed by atoms with Gasteiger partial charge in [0.1, 0.15) is 11.5 Å². The van der Waals surface area contributed by atoms with Crippen molar-refractivity contribution in [2.75, 3.05) is 25.8 Å². The van der Waals surface area contributed by atoms with Crippen molar-refractivity contribution in [3.8, 4) is 11.5 Å². The second-order valence-electron chi connectivity index (χ2n) is 5.51. The van der Waals surface area contributed by atoms with Crippen LogP contribution >= 0.6 is 0 Å².